The molecular formula is C20H40IN5. The molecule has 0 bridgehead atoms. The van der Waals surface area contributed by atoms with Gasteiger partial charge in [-0.05, 0) is 57.4 Å². The van der Waals surface area contributed by atoms with Crippen LogP contribution in [0.2, 0.25) is 0 Å². The molecule has 152 valence electrons. The van der Waals surface area contributed by atoms with E-state index in [0.29, 0.717) is 12.0 Å². The minimum Gasteiger partial charge on any atom is -0.357 e. The summed E-state index contributed by atoms with van der Waals surface area (Å²) in [6.07, 6.45) is 2.13. The van der Waals surface area contributed by atoms with Crippen LogP contribution in [0.4, 0.5) is 0 Å². The van der Waals surface area contributed by atoms with E-state index in [-0.39, 0.29) is 29.4 Å². The summed E-state index contributed by atoms with van der Waals surface area (Å²) in [5, 5.41) is 11.5. The zero-order valence-corrected chi connectivity index (χ0v) is 20.6. The van der Waals surface area contributed by atoms with Crippen molar-refractivity contribution in [2.75, 3.05) is 13.1 Å². The first-order valence-electron chi connectivity index (χ1n) is 9.59. The van der Waals surface area contributed by atoms with Crippen LogP contribution in [0.1, 0.15) is 64.9 Å². The van der Waals surface area contributed by atoms with Crippen molar-refractivity contribution in [3.8, 4) is 0 Å². The van der Waals surface area contributed by atoms with Gasteiger partial charge >= 0.3 is 0 Å². The highest BCUT2D eigenvalue weighted by molar-refractivity contribution is 14.0. The number of aromatic nitrogens is 2. The Kier molecular flexibility index (Phi) is 10.8. The third-order valence-electron chi connectivity index (χ3n) is 4.52. The van der Waals surface area contributed by atoms with Crippen LogP contribution in [0.15, 0.2) is 4.99 Å². The molecule has 0 spiro atoms. The molecule has 26 heavy (non-hydrogen) atoms. The van der Waals surface area contributed by atoms with Gasteiger partial charge < -0.3 is 10.6 Å². The minimum absolute atomic E-state index is 0. The molecule has 6 heteroatoms. The topological polar surface area (TPSA) is 54.2 Å². The van der Waals surface area contributed by atoms with Crippen molar-refractivity contribution in [3.05, 3.63) is 17.0 Å². The number of hydrogen-bond acceptors (Lipinski definition) is 2. The highest BCUT2D eigenvalue weighted by Gasteiger charge is 2.20. The third-order valence-corrected chi connectivity index (χ3v) is 4.52. The van der Waals surface area contributed by atoms with E-state index in [1.165, 1.54) is 17.7 Å². The second-order valence-electron chi connectivity index (χ2n) is 8.48. The molecule has 0 radical (unpaired) electrons. The molecule has 1 rings (SSSR count). The smallest absolute Gasteiger partial charge is 0.191 e. The fraction of sp³-hybridized carbons (Fsp3) is 0.800. The third kappa shape index (κ3) is 8.27. The zero-order chi connectivity index (χ0) is 19.2. The summed E-state index contributed by atoms with van der Waals surface area (Å²) >= 11 is 0. The molecule has 1 atom stereocenters. The molecule has 0 amide bonds. The quantitative estimate of drug-likeness (QED) is 0.335. The average molecular weight is 477 g/mol. The lowest BCUT2D eigenvalue weighted by molar-refractivity contribution is 0.298. The van der Waals surface area contributed by atoms with Crippen molar-refractivity contribution >= 4 is 29.9 Å². The van der Waals surface area contributed by atoms with Crippen LogP contribution in [0.5, 0.6) is 0 Å². The summed E-state index contributed by atoms with van der Waals surface area (Å²) in [5.74, 6) is 1.60. The predicted octanol–water partition coefficient (Wildman–Crippen LogP) is 4.21. The van der Waals surface area contributed by atoms with E-state index >= 15 is 0 Å². The summed E-state index contributed by atoms with van der Waals surface area (Å²) in [6.45, 7) is 19.4. The standard InChI is InChI=1S/C20H39N5.HI/c1-10-21-19(22-13-20(7,8)12-14(2)3)23-15(4)11-18-16(5)24-25(9)17(18)6;/h14-15H,10-13H2,1-9H3,(H2,21,22,23);1H. The molecule has 0 aliphatic carbocycles. The van der Waals surface area contributed by atoms with Gasteiger partial charge in [-0.3, -0.25) is 9.67 Å². The van der Waals surface area contributed by atoms with Gasteiger partial charge in [0.05, 0.1) is 5.69 Å². The van der Waals surface area contributed by atoms with Gasteiger partial charge in [-0.2, -0.15) is 5.10 Å². The summed E-state index contributed by atoms with van der Waals surface area (Å²) < 4.78 is 1.96. The normalized spacial score (nSPS) is 13.5. The van der Waals surface area contributed by atoms with Crippen LogP contribution in [0, 0.1) is 25.2 Å². The van der Waals surface area contributed by atoms with Crippen LogP contribution in [0.25, 0.3) is 0 Å². The number of aryl methyl sites for hydroxylation is 2. The maximum Gasteiger partial charge on any atom is 0.191 e. The summed E-state index contributed by atoms with van der Waals surface area (Å²) in [7, 11) is 2.01. The Bertz CT molecular complexity index is 575. The lowest BCUT2D eigenvalue weighted by Crippen LogP contribution is -2.43. The molecule has 1 heterocycles. The van der Waals surface area contributed by atoms with Gasteiger partial charge in [-0.15, -0.1) is 24.0 Å². The van der Waals surface area contributed by atoms with E-state index in [1.54, 1.807) is 0 Å². The molecule has 0 aliphatic heterocycles. The van der Waals surface area contributed by atoms with Crippen LogP contribution in [-0.2, 0) is 13.5 Å². The second-order valence-corrected chi connectivity index (χ2v) is 8.48. The number of guanidine groups is 1. The zero-order valence-electron chi connectivity index (χ0n) is 18.2. The molecule has 0 saturated carbocycles. The largest absolute Gasteiger partial charge is 0.357 e. The van der Waals surface area contributed by atoms with Gasteiger partial charge in [0.15, 0.2) is 5.96 Å². The molecule has 1 aromatic rings. The monoisotopic (exact) mass is 477 g/mol. The lowest BCUT2D eigenvalue weighted by atomic mass is 9.84. The van der Waals surface area contributed by atoms with Crippen molar-refractivity contribution in [2.45, 2.75) is 74.3 Å². The number of hydrogen-bond donors (Lipinski definition) is 2. The Morgan fingerprint density at radius 1 is 1.23 bits per heavy atom. The van der Waals surface area contributed by atoms with Gasteiger partial charge in [-0.1, -0.05) is 27.7 Å². The fourth-order valence-corrected chi connectivity index (χ4v) is 3.49. The van der Waals surface area contributed by atoms with Crippen LogP contribution < -0.4 is 10.6 Å². The van der Waals surface area contributed by atoms with Crippen LogP contribution >= 0.6 is 24.0 Å². The number of halogens is 1. The SMILES string of the molecule is CCNC(=NCC(C)(C)CC(C)C)NC(C)Cc1c(C)nn(C)c1C.I. The first-order valence-corrected chi connectivity index (χ1v) is 9.59. The maximum atomic E-state index is 4.84. The lowest BCUT2D eigenvalue weighted by Gasteiger charge is -2.26. The van der Waals surface area contributed by atoms with E-state index in [4.69, 9.17) is 4.99 Å². The number of nitrogens with one attached hydrogen (secondary N) is 2. The van der Waals surface area contributed by atoms with Crippen molar-refractivity contribution in [1.29, 1.82) is 0 Å². The van der Waals surface area contributed by atoms with E-state index in [2.05, 4.69) is 71.1 Å². The summed E-state index contributed by atoms with van der Waals surface area (Å²) in [5.41, 5.74) is 3.91. The Hall–Kier alpha value is -0.790. The first-order chi connectivity index (χ1) is 11.6. The average Bonchev–Trinajstić information content (AvgIpc) is 2.70. The number of rotatable bonds is 8. The summed E-state index contributed by atoms with van der Waals surface area (Å²) in [6, 6.07) is 0.299. The minimum atomic E-state index is 0. The van der Waals surface area contributed by atoms with E-state index < -0.39 is 0 Å². The van der Waals surface area contributed by atoms with Gasteiger partial charge in [0.1, 0.15) is 0 Å². The van der Waals surface area contributed by atoms with Crippen molar-refractivity contribution in [3.63, 3.8) is 0 Å². The predicted molar refractivity (Wildman–Crippen MR) is 124 cm³/mol. The Labute approximate surface area is 177 Å². The van der Waals surface area contributed by atoms with Gasteiger partial charge in [0.25, 0.3) is 0 Å². The van der Waals surface area contributed by atoms with Gasteiger partial charge in [0.2, 0.25) is 0 Å². The molecule has 2 N–H and O–H groups in total. The number of aliphatic imine (C=N–C) groups is 1. The Balaban J connectivity index is 0.00000625. The van der Waals surface area contributed by atoms with Gasteiger partial charge in [-0.25, -0.2) is 0 Å². The molecule has 0 aliphatic rings. The molecule has 1 unspecified atom stereocenters. The maximum absolute atomic E-state index is 4.84. The molecule has 1 aromatic heterocycles. The molecule has 0 fully saturated rings. The van der Waals surface area contributed by atoms with Crippen LogP contribution in [-0.4, -0.2) is 34.9 Å². The Morgan fingerprint density at radius 2 is 1.85 bits per heavy atom. The Morgan fingerprint density at radius 3 is 2.31 bits per heavy atom. The highest BCUT2D eigenvalue weighted by atomic mass is 127. The fourth-order valence-electron chi connectivity index (χ4n) is 3.49. The summed E-state index contributed by atoms with van der Waals surface area (Å²) in [4.78, 5) is 4.84. The van der Waals surface area contributed by atoms with Crippen molar-refractivity contribution in [1.82, 2.24) is 20.4 Å². The van der Waals surface area contributed by atoms with Crippen molar-refractivity contribution in [2.24, 2.45) is 23.4 Å². The molecular weight excluding hydrogens is 437 g/mol. The van der Waals surface area contributed by atoms with E-state index in [9.17, 15) is 0 Å². The molecule has 0 aromatic carbocycles. The van der Waals surface area contributed by atoms with E-state index in [1.807, 2.05) is 11.7 Å². The van der Waals surface area contributed by atoms with Gasteiger partial charge in [0, 0.05) is 31.9 Å². The second kappa shape index (κ2) is 11.1. The molecule has 5 nitrogen and oxygen atoms in total. The first kappa shape index (κ1) is 25.2. The number of nitrogens with zero attached hydrogens (tertiary/aromatic N) is 3. The highest BCUT2D eigenvalue weighted by Crippen LogP contribution is 2.25. The van der Waals surface area contributed by atoms with Crippen LogP contribution in [0.3, 0.4) is 0 Å². The van der Waals surface area contributed by atoms with E-state index in [0.717, 1.165) is 31.2 Å². The molecule has 0 saturated heterocycles. The van der Waals surface area contributed by atoms with Crippen molar-refractivity contribution < 1.29 is 0 Å².